The molecule has 0 spiro atoms. The molecule has 0 aromatic rings. The summed E-state index contributed by atoms with van der Waals surface area (Å²) in [5, 5.41) is 0. The zero-order valence-corrected chi connectivity index (χ0v) is 13.6. The van der Waals surface area contributed by atoms with E-state index in [-0.39, 0.29) is 0 Å². The highest BCUT2D eigenvalue weighted by molar-refractivity contribution is 5.79. The van der Waals surface area contributed by atoms with Gasteiger partial charge < -0.3 is 9.64 Å². The Morgan fingerprint density at radius 1 is 1.05 bits per heavy atom. The van der Waals surface area contributed by atoms with Gasteiger partial charge in [-0.15, -0.1) is 0 Å². The topological polar surface area (TPSA) is 32.8 Å². The van der Waals surface area contributed by atoms with Crippen LogP contribution in [0.5, 0.6) is 0 Å². The third-order valence-corrected chi connectivity index (χ3v) is 5.86. The summed E-state index contributed by atoms with van der Waals surface area (Å²) in [6.07, 6.45) is 7.19. The SMILES string of the molecule is COCCN1C2CCC1CN(C(=O)C1CCC(C)CC1)C2. The number of carbonyl (C=O) groups excluding carboxylic acids is 1. The van der Waals surface area contributed by atoms with Gasteiger partial charge in [0.1, 0.15) is 0 Å². The molecule has 3 aliphatic rings. The van der Waals surface area contributed by atoms with E-state index in [4.69, 9.17) is 4.74 Å². The third kappa shape index (κ3) is 3.26. The van der Waals surface area contributed by atoms with Gasteiger partial charge in [-0.05, 0) is 44.4 Å². The average molecular weight is 294 g/mol. The van der Waals surface area contributed by atoms with Crippen LogP contribution >= 0.6 is 0 Å². The fourth-order valence-corrected chi connectivity index (χ4v) is 4.50. The van der Waals surface area contributed by atoms with Crippen molar-refractivity contribution in [1.29, 1.82) is 0 Å². The Balaban J connectivity index is 1.56. The smallest absolute Gasteiger partial charge is 0.225 e. The van der Waals surface area contributed by atoms with Crippen molar-refractivity contribution in [2.45, 2.75) is 57.5 Å². The first-order chi connectivity index (χ1) is 10.2. The number of carbonyl (C=O) groups is 1. The van der Waals surface area contributed by atoms with Crippen molar-refractivity contribution in [1.82, 2.24) is 9.80 Å². The minimum Gasteiger partial charge on any atom is -0.383 e. The van der Waals surface area contributed by atoms with Crippen LogP contribution in [-0.2, 0) is 9.53 Å². The fraction of sp³-hybridized carbons (Fsp3) is 0.941. The monoisotopic (exact) mass is 294 g/mol. The lowest BCUT2D eigenvalue weighted by molar-refractivity contribution is -0.140. The molecule has 2 bridgehead atoms. The maximum atomic E-state index is 12.8. The van der Waals surface area contributed by atoms with E-state index in [1.807, 2.05) is 0 Å². The van der Waals surface area contributed by atoms with Gasteiger partial charge in [0.15, 0.2) is 0 Å². The maximum Gasteiger partial charge on any atom is 0.225 e. The van der Waals surface area contributed by atoms with Gasteiger partial charge >= 0.3 is 0 Å². The highest BCUT2D eigenvalue weighted by Gasteiger charge is 2.42. The van der Waals surface area contributed by atoms with E-state index >= 15 is 0 Å². The number of rotatable bonds is 4. The minimum absolute atomic E-state index is 0.311. The Morgan fingerprint density at radius 3 is 2.24 bits per heavy atom. The molecule has 0 N–H and O–H groups in total. The highest BCUT2D eigenvalue weighted by Crippen LogP contribution is 2.34. The van der Waals surface area contributed by atoms with Crippen molar-refractivity contribution >= 4 is 5.91 Å². The lowest BCUT2D eigenvalue weighted by Gasteiger charge is -2.42. The first-order valence-electron chi connectivity index (χ1n) is 8.72. The van der Waals surface area contributed by atoms with E-state index in [0.29, 0.717) is 23.9 Å². The predicted octanol–water partition coefficient (Wildman–Crippen LogP) is 2.13. The van der Waals surface area contributed by atoms with Crippen molar-refractivity contribution < 1.29 is 9.53 Å². The van der Waals surface area contributed by atoms with Gasteiger partial charge in [-0.1, -0.05) is 6.92 Å². The first kappa shape index (κ1) is 15.3. The van der Waals surface area contributed by atoms with Gasteiger partial charge in [0.2, 0.25) is 5.91 Å². The molecule has 21 heavy (non-hydrogen) atoms. The summed E-state index contributed by atoms with van der Waals surface area (Å²) in [4.78, 5) is 17.5. The van der Waals surface area contributed by atoms with Crippen LogP contribution in [0, 0.1) is 11.8 Å². The van der Waals surface area contributed by atoms with E-state index in [1.165, 1.54) is 25.7 Å². The van der Waals surface area contributed by atoms with Crippen LogP contribution in [0.1, 0.15) is 45.4 Å². The van der Waals surface area contributed by atoms with Crippen molar-refractivity contribution in [3.8, 4) is 0 Å². The molecule has 4 heteroatoms. The quantitative estimate of drug-likeness (QED) is 0.796. The number of likely N-dealkylation sites (tertiary alicyclic amines) is 1. The Morgan fingerprint density at radius 2 is 1.67 bits per heavy atom. The van der Waals surface area contributed by atoms with Crippen molar-refractivity contribution in [2.24, 2.45) is 11.8 Å². The van der Waals surface area contributed by atoms with Gasteiger partial charge in [0, 0.05) is 44.7 Å². The molecule has 0 radical (unpaired) electrons. The maximum absolute atomic E-state index is 12.8. The lowest BCUT2D eigenvalue weighted by Crippen LogP contribution is -2.57. The average Bonchev–Trinajstić information content (AvgIpc) is 2.73. The highest BCUT2D eigenvalue weighted by atomic mass is 16.5. The summed E-state index contributed by atoms with van der Waals surface area (Å²) in [6, 6.07) is 1.15. The third-order valence-electron chi connectivity index (χ3n) is 5.86. The zero-order valence-electron chi connectivity index (χ0n) is 13.6. The second-order valence-corrected chi connectivity index (χ2v) is 7.32. The van der Waals surface area contributed by atoms with Crippen LogP contribution in [-0.4, -0.2) is 61.1 Å². The van der Waals surface area contributed by atoms with Crippen LogP contribution < -0.4 is 0 Å². The number of piperazine rings is 1. The molecular weight excluding hydrogens is 264 g/mol. The van der Waals surface area contributed by atoms with Gasteiger partial charge in [-0.3, -0.25) is 9.69 Å². The van der Waals surface area contributed by atoms with Gasteiger partial charge in [0.25, 0.3) is 0 Å². The summed E-state index contributed by atoms with van der Waals surface area (Å²) in [5.41, 5.74) is 0. The van der Waals surface area contributed by atoms with E-state index in [2.05, 4.69) is 16.7 Å². The van der Waals surface area contributed by atoms with Crippen LogP contribution in [0.3, 0.4) is 0 Å². The number of methoxy groups -OCH3 is 1. The lowest BCUT2D eigenvalue weighted by atomic mass is 9.82. The van der Waals surface area contributed by atoms with E-state index in [9.17, 15) is 4.79 Å². The van der Waals surface area contributed by atoms with E-state index in [1.54, 1.807) is 7.11 Å². The molecule has 1 aliphatic carbocycles. The normalized spacial score (nSPS) is 37.0. The van der Waals surface area contributed by atoms with E-state index < -0.39 is 0 Å². The predicted molar refractivity (Wildman–Crippen MR) is 83.1 cm³/mol. The second-order valence-electron chi connectivity index (χ2n) is 7.32. The Hall–Kier alpha value is -0.610. The number of fused-ring (bicyclic) bond motifs is 2. The zero-order chi connectivity index (χ0) is 14.8. The number of hydrogen-bond acceptors (Lipinski definition) is 3. The first-order valence-corrected chi connectivity index (χ1v) is 8.72. The molecule has 1 amide bonds. The molecule has 0 aromatic heterocycles. The van der Waals surface area contributed by atoms with Crippen molar-refractivity contribution in [2.75, 3.05) is 33.4 Å². The summed E-state index contributed by atoms with van der Waals surface area (Å²) < 4.78 is 5.23. The summed E-state index contributed by atoms with van der Waals surface area (Å²) in [6.45, 7) is 6.04. The van der Waals surface area contributed by atoms with Crippen LogP contribution in [0.25, 0.3) is 0 Å². The molecule has 3 rings (SSSR count). The van der Waals surface area contributed by atoms with Crippen molar-refractivity contribution in [3.63, 3.8) is 0 Å². The number of hydrogen-bond donors (Lipinski definition) is 0. The molecule has 120 valence electrons. The molecule has 1 saturated carbocycles. The minimum atomic E-state index is 0.311. The molecule has 2 saturated heterocycles. The summed E-state index contributed by atoms with van der Waals surface area (Å²) in [7, 11) is 1.77. The fourth-order valence-electron chi connectivity index (χ4n) is 4.50. The molecule has 2 aliphatic heterocycles. The Labute approximate surface area is 128 Å². The number of ether oxygens (including phenoxy) is 1. The number of amides is 1. The van der Waals surface area contributed by atoms with Gasteiger partial charge in [0.05, 0.1) is 6.61 Å². The molecule has 3 fully saturated rings. The largest absolute Gasteiger partial charge is 0.383 e. The summed E-state index contributed by atoms with van der Waals surface area (Å²) in [5.74, 6) is 1.58. The van der Waals surface area contributed by atoms with Crippen molar-refractivity contribution in [3.05, 3.63) is 0 Å². The molecule has 0 aromatic carbocycles. The van der Waals surface area contributed by atoms with Crippen LogP contribution in [0.2, 0.25) is 0 Å². The van der Waals surface area contributed by atoms with Crippen LogP contribution in [0.4, 0.5) is 0 Å². The number of nitrogens with zero attached hydrogens (tertiary/aromatic N) is 2. The Kier molecular flexibility index (Phi) is 4.85. The molecule has 2 heterocycles. The molecule has 2 atom stereocenters. The van der Waals surface area contributed by atoms with Gasteiger partial charge in [-0.25, -0.2) is 0 Å². The standard InChI is InChI=1S/C17H30N2O2/c1-13-3-5-14(6-4-13)17(20)18-11-15-7-8-16(12-18)19(15)9-10-21-2/h13-16H,3-12H2,1-2H3. The molecule has 2 unspecified atom stereocenters. The molecular formula is C17H30N2O2. The van der Waals surface area contributed by atoms with Crippen LogP contribution in [0.15, 0.2) is 0 Å². The Bertz CT molecular complexity index is 352. The second kappa shape index (κ2) is 6.66. The van der Waals surface area contributed by atoms with E-state index in [0.717, 1.165) is 45.0 Å². The summed E-state index contributed by atoms with van der Waals surface area (Å²) >= 11 is 0. The molecule has 4 nitrogen and oxygen atoms in total. The van der Waals surface area contributed by atoms with Gasteiger partial charge in [-0.2, -0.15) is 0 Å².